The molecular formula is C47H59F3N4O4. The third-order valence-electron chi connectivity index (χ3n) is 12.2. The van der Waals surface area contributed by atoms with Gasteiger partial charge in [0.25, 0.3) is 0 Å². The van der Waals surface area contributed by atoms with Crippen LogP contribution in [0.4, 0.5) is 13.2 Å². The third kappa shape index (κ3) is 10.9. The monoisotopic (exact) mass is 800 g/mol. The number of unbranched alkanes of at least 4 members (excludes halogenated alkanes) is 4. The van der Waals surface area contributed by atoms with Crippen molar-refractivity contribution in [3.63, 3.8) is 0 Å². The highest BCUT2D eigenvalue weighted by molar-refractivity contribution is 5.91. The Kier molecular flexibility index (Phi) is 15.1. The number of carbonyl (C=O) groups is 1. The van der Waals surface area contributed by atoms with E-state index in [4.69, 9.17) is 15.2 Å². The predicted octanol–water partition coefficient (Wildman–Crippen LogP) is 8.81. The number of likely N-dealkylation sites (tertiary alicyclic amines) is 2. The molecule has 4 aromatic rings. The first-order valence-corrected chi connectivity index (χ1v) is 20.7. The normalized spacial score (nSPS) is 17.1. The van der Waals surface area contributed by atoms with Crippen LogP contribution in [0.1, 0.15) is 73.6 Å². The quantitative estimate of drug-likeness (QED) is 0.0896. The minimum atomic E-state index is -4.71. The third-order valence-corrected chi connectivity index (χ3v) is 12.2. The van der Waals surface area contributed by atoms with Crippen molar-refractivity contribution in [1.82, 2.24) is 14.7 Å². The van der Waals surface area contributed by atoms with E-state index >= 15 is 0 Å². The largest absolute Gasteiger partial charge is 0.573 e. The summed E-state index contributed by atoms with van der Waals surface area (Å²) in [6.45, 7) is 6.96. The summed E-state index contributed by atoms with van der Waals surface area (Å²) in [4.78, 5) is 20.9. The topological polar surface area (TPSA) is 80.5 Å². The number of primary amides is 1. The Morgan fingerprint density at radius 1 is 0.724 bits per heavy atom. The minimum absolute atomic E-state index is 0.0880. The molecule has 0 bridgehead atoms. The molecule has 0 radical (unpaired) electrons. The van der Waals surface area contributed by atoms with Gasteiger partial charge in [-0.3, -0.25) is 14.6 Å². The van der Waals surface area contributed by atoms with Gasteiger partial charge in [-0.1, -0.05) is 98.1 Å². The van der Waals surface area contributed by atoms with Crippen molar-refractivity contribution in [1.29, 1.82) is 0 Å². The summed E-state index contributed by atoms with van der Waals surface area (Å²) < 4.78 is 53.9. The fourth-order valence-electron chi connectivity index (χ4n) is 9.27. The number of nitrogens with zero attached hydrogens (tertiary/aromatic N) is 3. The Hall–Kier alpha value is -4.58. The Morgan fingerprint density at radius 2 is 1.29 bits per heavy atom. The van der Waals surface area contributed by atoms with Gasteiger partial charge in [0.1, 0.15) is 22.7 Å². The summed E-state index contributed by atoms with van der Waals surface area (Å²) in [6.07, 6.45) is 3.70. The molecule has 1 amide bonds. The van der Waals surface area contributed by atoms with Gasteiger partial charge < -0.3 is 24.8 Å². The van der Waals surface area contributed by atoms with Gasteiger partial charge in [0.15, 0.2) is 0 Å². The molecule has 2 aliphatic rings. The van der Waals surface area contributed by atoms with Gasteiger partial charge in [0, 0.05) is 25.7 Å². The fraction of sp³-hybridized carbons (Fsp3) is 0.468. The molecule has 4 aromatic carbocycles. The van der Waals surface area contributed by atoms with E-state index in [1.165, 1.54) is 12.1 Å². The zero-order chi connectivity index (χ0) is 41.0. The van der Waals surface area contributed by atoms with E-state index in [-0.39, 0.29) is 17.6 Å². The number of alkyl halides is 3. The second-order valence-corrected chi connectivity index (χ2v) is 15.8. The van der Waals surface area contributed by atoms with Crippen LogP contribution < -0.4 is 19.9 Å². The molecular weight excluding hydrogens is 742 g/mol. The van der Waals surface area contributed by atoms with Crippen molar-refractivity contribution in [3.05, 3.63) is 125 Å². The number of halogens is 3. The second-order valence-electron chi connectivity index (χ2n) is 15.8. The molecule has 11 heteroatoms. The Labute approximate surface area is 342 Å². The van der Waals surface area contributed by atoms with Gasteiger partial charge in [0.2, 0.25) is 5.91 Å². The highest BCUT2D eigenvalue weighted by Crippen LogP contribution is 2.43. The van der Waals surface area contributed by atoms with Crippen LogP contribution in [0.2, 0.25) is 0 Å². The van der Waals surface area contributed by atoms with Crippen LogP contribution in [0.15, 0.2) is 103 Å². The number of hydrogen-bond acceptors (Lipinski definition) is 7. The minimum Gasteiger partial charge on any atom is -0.496 e. The molecule has 2 saturated heterocycles. The molecule has 58 heavy (non-hydrogen) atoms. The van der Waals surface area contributed by atoms with E-state index in [1.54, 1.807) is 26.4 Å². The molecule has 8 nitrogen and oxygen atoms in total. The maximum absolute atomic E-state index is 13.5. The van der Waals surface area contributed by atoms with Gasteiger partial charge >= 0.3 is 6.36 Å². The lowest BCUT2D eigenvalue weighted by Gasteiger charge is -2.39. The van der Waals surface area contributed by atoms with Gasteiger partial charge in [-0.15, -0.1) is 13.2 Å². The van der Waals surface area contributed by atoms with Crippen molar-refractivity contribution < 1.29 is 32.2 Å². The average molecular weight is 801 g/mol. The first-order valence-electron chi connectivity index (χ1n) is 20.7. The lowest BCUT2D eigenvalue weighted by atomic mass is 9.64. The number of hydrogen-bond donors (Lipinski definition) is 1. The molecule has 2 fully saturated rings. The van der Waals surface area contributed by atoms with Crippen LogP contribution in [0, 0.1) is 5.92 Å². The number of ether oxygens (including phenoxy) is 3. The maximum Gasteiger partial charge on any atom is 0.573 e. The van der Waals surface area contributed by atoms with Gasteiger partial charge in [-0.2, -0.15) is 0 Å². The van der Waals surface area contributed by atoms with Crippen LogP contribution >= 0.6 is 0 Å². The number of nitrogens with two attached hydrogens (primary N) is 1. The number of carbonyl (C=O) groups excluding carboxylic acids is 1. The zero-order valence-corrected chi connectivity index (χ0v) is 34.0. The van der Waals surface area contributed by atoms with Crippen LogP contribution in [-0.4, -0.2) is 86.5 Å². The highest BCUT2D eigenvalue weighted by atomic mass is 19.4. The summed E-state index contributed by atoms with van der Waals surface area (Å²) in [7, 11) is 3.37. The Morgan fingerprint density at radius 3 is 1.86 bits per heavy atom. The SMILES string of the molecule is COc1cccc(OC)c1CN1CCC(N(CCCCCCCN2CC[C@@H](C(C(N)=O)(c3ccccc3)c3ccccc3)C2)Cc2ccc(OC(F)(F)F)cc2)CC1. The summed E-state index contributed by atoms with van der Waals surface area (Å²) in [5, 5.41) is 0. The summed E-state index contributed by atoms with van der Waals surface area (Å²) in [5.41, 5.74) is 9.37. The molecule has 1 atom stereocenters. The van der Waals surface area contributed by atoms with Crippen LogP contribution in [-0.2, 0) is 23.3 Å². The first kappa shape index (κ1) is 43.0. The Bertz CT molecular complexity index is 1790. The molecule has 2 N–H and O–H groups in total. The summed E-state index contributed by atoms with van der Waals surface area (Å²) >= 11 is 0. The van der Waals surface area contributed by atoms with E-state index in [1.807, 2.05) is 78.9 Å². The number of amides is 1. The summed E-state index contributed by atoms with van der Waals surface area (Å²) in [5.74, 6) is 1.23. The molecule has 2 aliphatic heterocycles. The first-order chi connectivity index (χ1) is 28.1. The van der Waals surface area contributed by atoms with E-state index in [0.717, 1.165) is 131 Å². The lowest BCUT2D eigenvalue weighted by molar-refractivity contribution is -0.274. The van der Waals surface area contributed by atoms with Crippen LogP contribution in [0.3, 0.4) is 0 Å². The molecule has 2 heterocycles. The standard InChI is InChI=1S/C47H59F3N4O4/c1-56-43-19-14-20-44(57-2)42(43)35-53-31-26-40(27-32-53)54(33-36-21-23-41(24-22-36)58-47(48,49)50)29-13-5-3-4-12-28-52-30-25-39(34-52)46(45(51)55,37-15-8-6-9-16-37)38-17-10-7-11-18-38/h6-11,14-24,39-40H,3-5,12-13,25-35H2,1-2H3,(H2,51,55)/t39-/m1/s1. The maximum atomic E-state index is 13.5. The van der Waals surface area contributed by atoms with Crippen molar-refractivity contribution in [2.75, 3.05) is 53.5 Å². The molecule has 6 rings (SSSR count). The molecule has 312 valence electrons. The van der Waals surface area contributed by atoms with Crippen LogP contribution in [0.25, 0.3) is 0 Å². The van der Waals surface area contributed by atoms with Gasteiger partial charge in [-0.25, -0.2) is 0 Å². The fourth-order valence-corrected chi connectivity index (χ4v) is 9.27. The number of rotatable bonds is 20. The van der Waals surface area contributed by atoms with Gasteiger partial charge in [-0.05, 0) is 112 Å². The van der Waals surface area contributed by atoms with E-state index < -0.39 is 11.8 Å². The number of piperidine rings is 1. The predicted molar refractivity (Wildman–Crippen MR) is 222 cm³/mol. The summed E-state index contributed by atoms with van der Waals surface area (Å²) in [6, 6.07) is 32.6. The lowest BCUT2D eigenvalue weighted by Crippen LogP contribution is -2.49. The van der Waals surface area contributed by atoms with E-state index in [9.17, 15) is 18.0 Å². The average Bonchev–Trinajstić information content (AvgIpc) is 3.70. The van der Waals surface area contributed by atoms with Gasteiger partial charge in [0.05, 0.1) is 19.8 Å². The highest BCUT2D eigenvalue weighted by Gasteiger charge is 2.49. The number of benzene rings is 4. The van der Waals surface area contributed by atoms with Crippen molar-refractivity contribution >= 4 is 5.91 Å². The molecule has 0 aliphatic carbocycles. The zero-order valence-electron chi connectivity index (χ0n) is 34.0. The molecule has 0 spiro atoms. The molecule has 0 unspecified atom stereocenters. The molecule has 0 saturated carbocycles. The Balaban J connectivity index is 1.00. The van der Waals surface area contributed by atoms with E-state index in [2.05, 4.69) is 19.4 Å². The second kappa shape index (κ2) is 20.4. The number of methoxy groups -OCH3 is 2. The molecule has 0 aromatic heterocycles. The van der Waals surface area contributed by atoms with Crippen molar-refractivity contribution in [3.8, 4) is 17.2 Å². The van der Waals surface area contributed by atoms with Crippen molar-refractivity contribution in [2.45, 2.75) is 82.3 Å². The smallest absolute Gasteiger partial charge is 0.496 e. The van der Waals surface area contributed by atoms with Crippen LogP contribution in [0.5, 0.6) is 17.2 Å². The van der Waals surface area contributed by atoms with E-state index in [0.29, 0.717) is 12.6 Å². The van der Waals surface area contributed by atoms with Crippen molar-refractivity contribution in [2.24, 2.45) is 11.7 Å².